The van der Waals surface area contributed by atoms with E-state index < -0.39 is 0 Å². The molecule has 0 amide bonds. The smallest absolute Gasteiger partial charge is 0.0207 e. The van der Waals surface area contributed by atoms with Gasteiger partial charge in [-0.1, -0.05) is 151 Å². The van der Waals surface area contributed by atoms with E-state index in [1.165, 1.54) is 76.2 Å². The lowest BCUT2D eigenvalue weighted by molar-refractivity contribution is 1.39. The van der Waals surface area contributed by atoms with Crippen LogP contribution in [-0.2, 0) is 0 Å². The Balaban J connectivity index is 1.30. The minimum absolute atomic E-state index is 1.23. The zero-order valence-electron chi connectivity index (χ0n) is 22.4. The Bertz CT molecular complexity index is 2060. The summed E-state index contributed by atoms with van der Waals surface area (Å²) >= 11 is 1.88. The van der Waals surface area contributed by atoms with Gasteiger partial charge < -0.3 is 0 Å². The van der Waals surface area contributed by atoms with Gasteiger partial charge in [0.2, 0.25) is 0 Å². The molecule has 0 aromatic heterocycles. The molecular formula is C40H26S. The molecule has 192 valence electrons. The lowest BCUT2D eigenvalue weighted by atomic mass is 9.86. The first-order chi connectivity index (χ1) is 20.3. The number of benzene rings is 7. The zero-order valence-corrected chi connectivity index (χ0v) is 23.2. The zero-order chi connectivity index (χ0) is 27.2. The van der Waals surface area contributed by atoms with Crippen LogP contribution < -0.4 is 0 Å². The van der Waals surface area contributed by atoms with E-state index in [9.17, 15) is 0 Å². The van der Waals surface area contributed by atoms with Crippen LogP contribution in [0.25, 0.3) is 66.4 Å². The van der Waals surface area contributed by atoms with Crippen LogP contribution in [-0.4, -0.2) is 0 Å². The molecule has 8 rings (SSSR count). The van der Waals surface area contributed by atoms with Crippen LogP contribution in [0.1, 0.15) is 0 Å². The van der Waals surface area contributed by atoms with Crippen LogP contribution >= 0.6 is 11.8 Å². The van der Waals surface area contributed by atoms with Crippen molar-refractivity contribution in [3.63, 3.8) is 0 Å². The van der Waals surface area contributed by atoms with Gasteiger partial charge >= 0.3 is 0 Å². The van der Waals surface area contributed by atoms with E-state index >= 15 is 0 Å². The molecule has 0 N–H and O–H groups in total. The summed E-state index contributed by atoms with van der Waals surface area (Å²) in [4.78, 5) is 2.65. The van der Waals surface area contributed by atoms with E-state index in [0.29, 0.717) is 0 Å². The Kier molecular flexibility index (Phi) is 5.83. The summed E-state index contributed by atoms with van der Waals surface area (Å²) in [6, 6.07) is 57.4. The summed E-state index contributed by atoms with van der Waals surface area (Å²) in [5.74, 6) is 0. The Morgan fingerprint density at radius 2 is 0.805 bits per heavy atom. The highest BCUT2D eigenvalue weighted by Crippen LogP contribution is 2.49. The van der Waals surface area contributed by atoms with E-state index in [0.717, 1.165) is 0 Å². The number of hydrogen-bond donors (Lipinski definition) is 0. The maximum absolute atomic E-state index is 2.40. The summed E-state index contributed by atoms with van der Waals surface area (Å²) in [6.07, 6.45) is 0. The van der Waals surface area contributed by atoms with Crippen molar-refractivity contribution in [3.8, 4) is 55.6 Å². The molecule has 1 aliphatic heterocycles. The van der Waals surface area contributed by atoms with Crippen molar-refractivity contribution in [2.75, 3.05) is 0 Å². The number of hydrogen-bond acceptors (Lipinski definition) is 1. The molecule has 7 aromatic carbocycles. The molecule has 0 nitrogen and oxygen atoms in total. The fourth-order valence-electron chi connectivity index (χ4n) is 6.24. The average molecular weight is 539 g/mol. The van der Waals surface area contributed by atoms with Gasteiger partial charge in [-0.3, -0.25) is 0 Å². The van der Waals surface area contributed by atoms with Crippen LogP contribution in [0, 0.1) is 0 Å². The van der Waals surface area contributed by atoms with Gasteiger partial charge in [0.15, 0.2) is 0 Å². The highest BCUT2D eigenvalue weighted by atomic mass is 32.2. The van der Waals surface area contributed by atoms with Gasteiger partial charge in [-0.25, -0.2) is 0 Å². The number of fused-ring (bicyclic) bond motifs is 2. The summed E-state index contributed by atoms with van der Waals surface area (Å²) in [5, 5.41) is 2.66. The molecular weight excluding hydrogens is 513 g/mol. The monoisotopic (exact) mass is 538 g/mol. The van der Waals surface area contributed by atoms with Crippen molar-refractivity contribution in [1.82, 2.24) is 0 Å². The van der Waals surface area contributed by atoms with Gasteiger partial charge in [0.1, 0.15) is 0 Å². The molecule has 0 unspecified atom stereocenters. The third-order valence-electron chi connectivity index (χ3n) is 8.11. The quantitative estimate of drug-likeness (QED) is 0.215. The predicted octanol–water partition coefficient (Wildman–Crippen LogP) is 11.6. The van der Waals surface area contributed by atoms with E-state index in [-0.39, 0.29) is 0 Å². The molecule has 0 bridgehead atoms. The molecule has 1 aliphatic rings. The first kappa shape index (κ1) is 24.0. The molecule has 7 aromatic rings. The molecule has 0 fully saturated rings. The van der Waals surface area contributed by atoms with E-state index in [1.54, 1.807) is 0 Å². The largest absolute Gasteiger partial charge is 0.0888 e. The van der Waals surface area contributed by atoms with Crippen LogP contribution in [0.5, 0.6) is 0 Å². The third kappa shape index (κ3) is 4.09. The summed E-state index contributed by atoms with van der Waals surface area (Å²) in [6.45, 7) is 0. The molecule has 0 saturated carbocycles. The molecule has 41 heavy (non-hydrogen) atoms. The van der Waals surface area contributed by atoms with Crippen molar-refractivity contribution in [3.05, 3.63) is 158 Å². The van der Waals surface area contributed by atoms with Gasteiger partial charge in [-0.05, 0) is 79.2 Å². The molecule has 0 saturated heterocycles. The maximum Gasteiger partial charge on any atom is 0.0207 e. The van der Waals surface area contributed by atoms with Crippen LogP contribution in [0.4, 0.5) is 0 Å². The second-order valence-electron chi connectivity index (χ2n) is 10.5. The van der Waals surface area contributed by atoms with Crippen LogP contribution in [0.3, 0.4) is 0 Å². The summed E-state index contributed by atoms with van der Waals surface area (Å²) in [5.41, 5.74) is 12.6. The number of rotatable bonds is 4. The topological polar surface area (TPSA) is 0 Å². The summed E-state index contributed by atoms with van der Waals surface area (Å²) in [7, 11) is 0. The van der Waals surface area contributed by atoms with E-state index in [2.05, 4.69) is 158 Å². The Hall–Kier alpha value is -4.85. The highest BCUT2D eigenvalue weighted by molar-refractivity contribution is 7.99. The standard InChI is InChI=1S/C40H26S/c1-2-12-27(13-3-1)30-16-4-6-18-32(30)34-20-8-9-21-35(34)33-19-7-5-17-31(33)29-24-25-38-37(26-29)36-22-10-14-28-15-11-23-39(41-38)40(28)36/h1-26H. The van der Waals surface area contributed by atoms with Crippen molar-refractivity contribution in [1.29, 1.82) is 0 Å². The third-order valence-corrected chi connectivity index (χ3v) is 9.25. The second kappa shape index (κ2) is 9.96. The molecule has 0 spiro atoms. The first-order valence-electron chi connectivity index (χ1n) is 14.0. The minimum Gasteiger partial charge on any atom is -0.0888 e. The van der Waals surface area contributed by atoms with Crippen molar-refractivity contribution in [2.45, 2.75) is 9.79 Å². The average Bonchev–Trinajstić information content (AvgIpc) is 3.05. The Morgan fingerprint density at radius 1 is 0.293 bits per heavy atom. The molecule has 0 radical (unpaired) electrons. The fraction of sp³-hybridized carbons (Fsp3) is 0. The SMILES string of the molecule is c1ccc(-c2ccccc2-c2ccccc2-c2ccccc2-c2ccc3c(c2)-c2cccc4cccc(c24)S3)cc1. The molecule has 1 heterocycles. The van der Waals surface area contributed by atoms with Crippen molar-refractivity contribution < 1.29 is 0 Å². The Labute approximate surface area is 245 Å². The van der Waals surface area contributed by atoms with Crippen molar-refractivity contribution >= 4 is 22.5 Å². The highest BCUT2D eigenvalue weighted by Gasteiger charge is 2.21. The van der Waals surface area contributed by atoms with Gasteiger partial charge in [0.25, 0.3) is 0 Å². The molecule has 0 atom stereocenters. The first-order valence-corrected chi connectivity index (χ1v) is 14.8. The predicted molar refractivity (Wildman–Crippen MR) is 175 cm³/mol. The lowest BCUT2D eigenvalue weighted by Crippen LogP contribution is -1.94. The van der Waals surface area contributed by atoms with E-state index in [1.807, 2.05) is 11.8 Å². The van der Waals surface area contributed by atoms with Crippen LogP contribution in [0.15, 0.2) is 168 Å². The van der Waals surface area contributed by atoms with E-state index in [4.69, 9.17) is 0 Å². The normalized spacial score (nSPS) is 11.8. The van der Waals surface area contributed by atoms with Gasteiger partial charge in [-0.2, -0.15) is 0 Å². The minimum atomic E-state index is 1.23. The molecule has 0 aliphatic carbocycles. The van der Waals surface area contributed by atoms with Gasteiger partial charge in [0.05, 0.1) is 0 Å². The maximum atomic E-state index is 2.40. The second-order valence-corrected chi connectivity index (χ2v) is 11.6. The lowest BCUT2D eigenvalue weighted by Gasteiger charge is -2.22. The van der Waals surface area contributed by atoms with Crippen molar-refractivity contribution in [2.24, 2.45) is 0 Å². The van der Waals surface area contributed by atoms with Gasteiger partial charge in [0, 0.05) is 15.2 Å². The molecule has 1 heteroatoms. The summed E-state index contributed by atoms with van der Waals surface area (Å²) < 4.78 is 0. The van der Waals surface area contributed by atoms with Gasteiger partial charge in [-0.15, -0.1) is 0 Å². The fourth-order valence-corrected chi connectivity index (χ4v) is 7.37. The Morgan fingerprint density at radius 3 is 1.46 bits per heavy atom. The van der Waals surface area contributed by atoms with Crippen LogP contribution in [0.2, 0.25) is 0 Å².